The van der Waals surface area contributed by atoms with Gasteiger partial charge < -0.3 is 14.8 Å². The summed E-state index contributed by atoms with van der Waals surface area (Å²) in [7, 11) is 0. The number of halogens is 1. The van der Waals surface area contributed by atoms with Crippen molar-refractivity contribution in [3.05, 3.63) is 54.3 Å². The lowest BCUT2D eigenvalue weighted by molar-refractivity contribution is 0.319. The molecule has 0 aliphatic rings. The van der Waals surface area contributed by atoms with Crippen LogP contribution in [0.5, 0.6) is 11.5 Å². The van der Waals surface area contributed by atoms with Crippen LogP contribution in [0, 0.1) is 5.82 Å². The second-order valence-electron chi connectivity index (χ2n) is 4.19. The van der Waals surface area contributed by atoms with Gasteiger partial charge in [0.05, 0.1) is 6.61 Å². The van der Waals surface area contributed by atoms with E-state index in [0.717, 1.165) is 17.2 Å². The van der Waals surface area contributed by atoms with E-state index in [-0.39, 0.29) is 5.82 Å². The summed E-state index contributed by atoms with van der Waals surface area (Å²) >= 11 is 0. The molecule has 4 heteroatoms. The maximum Gasteiger partial charge on any atom is 0.125 e. The molecule has 0 atom stereocenters. The maximum atomic E-state index is 13.0. The third kappa shape index (κ3) is 4.46. The van der Waals surface area contributed by atoms with Gasteiger partial charge in [-0.15, -0.1) is 0 Å². The zero-order valence-corrected chi connectivity index (χ0v) is 11.4. The molecule has 0 spiro atoms. The molecule has 0 heterocycles. The molecule has 0 aliphatic heterocycles. The topological polar surface area (TPSA) is 30.5 Å². The average Bonchev–Trinajstić information content (AvgIpc) is 2.45. The standard InChI is InChI=1S/C16H18FNO2/c1-2-19-15-7-4-8-16(12-15)20-10-9-18-14-6-3-5-13(17)11-14/h3-8,11-12,18H,2,9-10H2,1H3. The maximum absolute atomic E-state index is 13.0. The molecule has 2 aromatic rings. The Hall–Kier alpha value is -2.23. The molecule has 0 radical (unpaired) electrons. The normalized spacial score (nSPS) is 10.1. The van der Waals surface area contributed by atoms with Gasteiger partial charge in [0.1, 0.15) is 23.9 Å². The first-order valence-corrected chi connectivity index (χ1v) is 6.63. The number of hydrogen-bond donors (Lipinski definition) is 1. The summed E-state index contributed by atoms with van der Waals surface area (Å²) in [6.45, 7) is 3.66. The SMILES string of the molecule is CCOc1cccc(OCCNc2cccc(F)c2)c1. The lowest BCUT2D eigenvalue weighted by Crippen LogP contribution is -2.11. The van der Waals surface area contributed by atoms with E-state index in [9.17, 15) is 4.39 Å². The quantitative estimate of drug-likeness (QED) is 0.781. The van der Waals surface area contributed by atoms with Gasteiger partial charge in [-0.25, -0.2) is 4.39 Å². The van der Waals surface area contributed by atoms with Crippen molar-refractivity contribution in [1.29, 1.82) is 0 Å². The van der Waals surface area contributed by atoms with Gasteiger partial charge >= 0.3 is 0 Å². The molecule has 0 aliphatic carbocycles. The third-order valence-electron chi connectivity index (χ3n) is 2.64. The first-order chi connectivity index (χ1) is 9.78. The highest BCUT2D eigenvalue weighted by Gasteiger charge is 1.98. The highest BCUT2D eigenvalue weighted by atomic mass is 19.1. The van der Waals surface area contributed by atoms with Gasteiger partial charge in [-0.05, 0) is 37.3 Å². The fraction of sp³-hybridized carbons (Fsp3) is 0.250. The number of benzene rings is 2. The lowest BCUT2D eigenvalue weighted by Gasteiger charge is -2.10. The number of ether oxygens (including phenoxy) is 2. The Balaban J connectivity index is 1.77. The van der Waals surface area contributed by atoms with Crippen LogP contribution in [0.1, 0.15) is 6.92 Å². The smallest absolute Gasteiger partial charge is 0.125 e. The van der Waals surface area contributed by atoms with Crippen LogP contribution in [-0.4, -0.2) is 19.8 Å². The van der Waals surface area contributed by atoms with Crippen molar-refractivity contribution in [2.24, 2.45) is 0 Å². The molecular formula is C16H18FNO2. The van der Waals surface area contributed by atoms with Crippen LogP contribution in [0.4, 0.5) is 10.1 Å². The molecule has 0 unspecified atom stereocenters. The number of anilines is 1. The summed E-state index contributed by atoms with van der Waals surface area (Å²) in [5.41, 5.74) is 0.747. The van der Waals surface area contributed by atoms with Crippen molar-refractivity contribution in [1.82, 2.24) is 0 Å². The molecule has 106 valence electrons. The Bertz CT molecular complexity index is 546. The lowest BCUT2D eigenvalue weighted by atomic mass is 10.3. The predicted molar refractivity (Wildman–Crippen MR) is 78.0 cm³/mol. The van der Waals surface area contributed by atoms with Gasteiger partial charge in [-0.3, -0.25) is 0 Å². The van der Waals surface area contributed by atoms with Gasteiger partial charge in [-0.1, -0.05) is 12.1 Å². The summed E-state index contributed by atoms with van der Waals surface area (Å²) in [5.74, 6) is 1.31. The first kappa shape index (κ1) is 14.2. The molecule has 0 bridgehead atoms. The minimum absolute atomic E-state index is 0.250. The van der Waals surface area contributed by atoms with Crippen molar-refractivity contribution < 1.29 is 13.9 Å². The molecule has 1 N–H and O–H groups in total. The number of rotatable bonds is 7. The van der Waals surface area contributed by atoms with E-state index in [1.165, 1.54) is 12.1 Å². The van der Waals surface area contributed by atoms with E-state index in [1.807, 2.05) is 37.3 Å². The minimum atomic E-state index is -0.250. The number of hydrogen-bond acceptors (Lipinski definition) is 3. The van der Waals surface area contributed by atoms with Crippen LogP contribution < -0.4 is 14.8 Å². The van der Waals surface area contributed by atoms with Crippen LogP contribution >= 0.6 is 0 Å². The first-order valence-electron chi connectivity index (χ1n) is 6.63. The van der Waals surface area contributed by atoms with Gasteiger partial charge in [0.25, 0.3) is 0 Å². The Kier molecular flexibility index (Phi) is 5.24. The molecule has 0 saturated heterocycles. The van der Waals surface area contributed by atoms with Crippen molar-refractivity contribution in [3.63, 3.8) is 0 Å². The van der Waals surface area contributed by atoms with Crippen LogP contribution in [0.25, 0.3) is 0 Å². The van der Waals surface area contributed by atoms with E-state index in [2.05, 4.69) is 5.32 Å². The molecule has 3 nitrogen and oxygen atoms in total. The van der Waals surface area contributed by atoms with Gasteiger partial charge in [-0.2, -0.15) is 0 Å². The monoisotopic (exact) mass is 275 g/mol. The van der Waals surface area contributed by atoms with Gasteiger partial charge in [0.15, 0.2) is 0 Å². The summed E-state index contributed by atoms with van der Waals surface area (Å²) in [5, 5.41) is 3.10. The molecule has 0 amide bonds. The Morgan fingerprint density at radius 1 is 1.00 bits per heavy atom. The van der Waals surface area contributed by atoms with E-state index >= 15 is 0 Å². The zero-order valence-electron chi connectivity index (χ0n) is 11.4. The van der Waals surface area contributed by atoms with E-state index in [0.29, 0.717) is 19.8 Å². The second-order valence-corrected chi connectivity index (χ2v) is 4.19. The fourth-order valence-electron chi connectivity index (χ4n) is 1.78. The summed E-state index contributed by atoms with van der Waals surface area (Å²) < 4.78 is 24.0. The predicted octanol–water partition coefficient (Wildman–Crippen LogP) is 3.72. The van der Waals surface area contributed by atoms with E-state index < -0.39 is 0 Å². The molecule has 0 aromatic heterocycles. The molecule has 0 fully saturated rings. The summed E-state index contributed by atoms with van der Waals surface area (Å²) in [4.78, 5) is 0. The Morgan fingerprint density at radius 3 is 2.50 bits per heavy atom. The molecule has 2 aromatic carbocycles. The average molecular weight is 275 g/mol. The van der Waals surface area contributed by atoms with Crippen molar-refractivity contribution in [3.8, 4) is 11.5 Å². The highest BCUT2D eigenvalue weighted by molar-refractivity contribution is 5.43. The number of nitrogens with one attached hydrogen (secondary N) is 1. The van der Waals surface area contributed by atoms with Crippen molar-refractivity contribution in [2.75, 3.05) is 25.1 Å². The van der Waals surface area contributed by atoms with Crippen molar-refractivity contribution in [2.45, 2.75) is 6.92 Å². The van der Waals surface area contributed by atoms with Crippen LogP contribution in [0.2, 0.25) is 0 Å². The molecular weight excluding hydrogens is 257 g/mol. The molecule has 20 heavy (non-hydrogen) atoms. The van der Waals surface area contributed by atoms with Crippen LogP contribution in [0.3, 0.4) is 0 Å². The van der Waals surface area contributed by atoms with Gasteiger partial charge in [0.2, 0.25) is 0 Å². The van der Waals surface area contributed by atoms with Crippen LogP contribution in [-0.2, 0) is 0 Å². The second kappa shape index (κ2) is 7.38. The summed E-state index contributed by atoms with van der Waals surface area (Å²) in [6.07, 6.45) is 0. The minimum Gasteiger partial charge on any atom is -0.494 e. The zero-order chi connectivity index (χ0) is 14.2. The Morgan fingerprint density at radius 2 is 1.75 bits per heavy atom. The Labute approximate surface area is 118 Å². The summed E-state index contributed by atoms with van der Waals surface area (Å²) in [6, 6.07) is 13.9. The van der Waals surface area contributed by atoms with Gasteiger partial charge in [0, 0.05) is 18.3 Å². The fourth-order valence-corrected chi connectivity index (χ4v) is 1.78. The van der Waals surface area contributed by atoms with E-state index in [1.54, 1.807) is 6.07 Å². The molecule has 0 saturated carbocycles. The third-order valence-corrected chi connectivity index (χ3v) is 2.64. The van der Waals surface area contributed by atoms with Crippen LogP contribution in [0.15, 0.2) is 48.5 Å². The molecule has 2 rings (SSSR count). The van der Waals surface area contributed by atoms with E-state index in [4.69, 9.17) is 9.47 Å². The highest BCUT2D eigenvalue weighted by Crippen LogP contribution is 2.19. The largest absolute Gasteiger partial charge is 0.494 e. The van der Waals surface area contributed by atoms with Crippen molar-refractivity contribution >= 4 is 5.69 Å².